The van der Waals surface area contributed by atoms with Gasteiger partial charge in [0.1, 0.15) is 0 Å². The summed E-state index contributed by atoms with van der Waals surface area (Å²) in [5.41, 5.74) is 0.672. The number of nitrogens with one attached hydrogen (secondary N) is 2. The minimum atomic E-state index is -0.458. The van der Waals surface area contributed by atoms with Crippen molar-refractivity contribution in [2.75, 3.05) is 11.9 Å². The van der Waals surface area contributed by atoms with Crippen LogP contribution in [0.4, 0.5) is 5.88 Å². The second kappa shape index (κ2) is 4.70. The van der Waals surface area contributed by atoms with E-state index in [-0.39, 0.29) is 17.4 Å². The van der Waals surface area contributed by atoms with Gasteiger partial charge in [-0.2, -0.15) is 0 Å². The highest BCUT2D eigenvalue weighted by atomic mass is 16.5. The first-order chi connectivity index (χ1) is 8.36. The van der Waals surface area contributed by atoms with Gasteiger partial charge in [0, 0.05) is 18.0 Å². The van der Waals surface area contributed by atoms with Crippen molar-refractivity contribution in [2.45, 2.75) is 44.8 Å². The molecule has 0 bridgehead atoms. The van der Waals surface area contributed by atoms with Gasteiger partial charge in [-0.25, -0.2) is 0 Å². The van der Waals surface area contributed by atoms with E-state index in [2.05, 4.69) is 15.8 Å². The predicted octanol–water partition coefficient (Wildman–Crippen LogP) is 0.633. The second-order valence-corrected chi connectivity index (χ2v) is 5.67. The van der Waals surface area contributed by atoms with E-state index >= 15 is 0 Å². The third-order valence-corrected chi connectivity index (χ3v) is 2.95. The Hall–Kier alpha value is -1.40. The van der Waals surface area contributed by atoms with Crippen LogP contribution in [-0.2, 0) is 10.2 Å². The van der Waals surface area contributed by atoms with E-state index < -0.39 is 6.10 Å². The standard InChI is InChI=1S/C12H19N3O3/c1-12(2,3)9-5-10(18-15-9)14-11(17)8-4-7(16)6-13-8/h5,7-8,13,16H,4,6H2,1-3H3,(H,14,17)/t7-,8-/m0/s1. The molecular formula is C12H19N3O3. The summed E-state index contributed by atoms with van der Waals surface area (Å²) < 4.78 is 5.08. The van der Waals surface area contributed by atoms with Gasteiger partial charge in [-0.15, -0.1) is 0 Å². The van der Waals surface area contributed by atoms with E-state index in [0.29, 0.717) is 18.8 Å². The van der Waals surface area contributed by atoms with Crippen molar-refractivity contribution in [1.29, 1.82) is 0 Å². The Balaban J connectivity index is 1.97. The Morgan fingerprint density at radius 2 is 2.33 bits per heavy atom. The molecule has 18 heavy (non-hydrogen) atoms. The number of aliphatic hydroxyl groups excluding tert-OH is 1. The molecule has 0 spiro atoms. The van der Waals surface area contributed by atoms with Gasteiger partial charge >= 0.3 is 0 Å². The summed E-state index contributed by atoms with van der Waals surface area (Å²) in [7, 11) is 0. The minimum Gasteiger partial charge on any atom is -0.392 e. The molecule has 3 N–H and O–H groups in total. The summed E-state index contributed by atoms with van der Waals surface area (Å²) in [5, 5.41) is 18.9. The molecule has 2 heterocycles. The van der Waals surface area contributed by atoms with Crippen LogP contribution >= 0.6 is 0 Å². The second-order valence-electron chi connectivity index (χ2n) is 5.67. The Morgan fingerprint density at radius 3 is 2.83 bits per heavy atom. The van der Waals surface area contributed by atoms with Crippen LogP contribution in [0.15, 0.2) is 10.6 Å². The van der Waals surface area contributed by atoms with Crippen LogP contribution in [0, 0.1) is 0 Å². The Bertz CT molecular complexity index is 436. The molecule has 0 aliphatic carbocycles. The first-order valence-electron chi connectivity index (χ1n) is 6.06. The zero-order chi connectivity index (χ0) is 13.3. The highest BCUT2D eigenvalue weighted by molar-refractivity contribution is 5.94. The molecule has 1 fully saturated rings. The van der Waals surface area contributed by atoms with Crippen LogP contribution in [0.3, 0.4) is 0 Å². The maximum Gasteiger partial charge on any atom is 0.243 e. The highest BCUT2D eigenvalue weighted by Gasteiger charge is 2.29. The van der Waals surface area contributed by atoms with Crippen LogP contribution < -0.4 is 10.6 Å². The van der Waals surface area contributed by atoms with Crippen molar-refractivity contribution < 1.29 is 14.4 Å². The number of aromatic nitrogens is 1. The molecule has 0 radical (unpaired) electrons. The van der Waals surface area contributed by atoms with Crippen LogP contribution in [0.1, 0.15) is 32.9 Å². The van der Waals surface area contributed by atoms with Crippen molar-refractivity contribution in [3.8, 4) is 0 Å². The Morgan fingerprint density at radius 1 is 1.61 bits per heavy atom. The lowest BCUT2D eigenvalue weighted by Gasteiger charge is -2.12. The quantitative estimate of drug-likeness (QED) is 0.719. The summed E-state index contributed by atoms with van der Waals surface area (Å²) >= 11 is 0. The summed E-state index contributed by atoms with van der Waals surface area (Å²) in [5.74, 6) is 0.135. The largest absolute Gasteiger partial charge is 0.392 e. The fourth-order valence-corrected chi connectivity index (χ4v) is 1.81. The summed E-state index contributed by atoms with van der Waals surface area (Å²) in [6.07, 6.45) is -0.0350. The van der Waals surface area contributed by atoms with Crippen molar-refractivity contribution in [3.63, 3.8) is 0 Å². The number of nitrogens with zero attached hydrogens (tertiary/aromatic N) is 1. The molecule has 1 aliphatic heterocycles. The zero-order valence-electron chi connectivity index (χ0n) is 10.9. The van der Waals surface area contributed by atoms with Crippen LogP contribution in [0.2, 0.25) is 0 Å². The molecule has 6 heteroatoms. The molecule has 0 saturated carbocycles. The number of carbonyl (C=O) groups is 1. The van der Waals surface area contributed by atoms with Crippen molar-refractivity contribution in [1.82, 2.24) is 10.5 Å². The summed E-state index contributed by atoms with van der Waals surface area (Å²) in [6, 6.07) is 1.35. The van der Waals surface area contributed by atoms with E-state index in [4.69, 9.17) is 4.52 Å². The average Bonchev–Trinajstić information content (AvgIpc) is 2.85. The lowest BCUT2D eigenvalue weighted by molar-refractivity contribution is -0.118. The molecule has 0 aromatic carbocycles. The zero-order valence-corrected chi connectivity index (χ0v) is 10.9. The Labute approximate surface area is 106 Å². The molecule has 6 nitrogen and oxygen atoms in total. The maximum atomic E-state index is 11.8. The van der Waals surface area contributed by atoms with E-state index in [1.807, 2.05) is 20.8 Å². The van der Waals surface area contributed by atoms with Gasteiger partial charge in [0.15, 0.2) is 0 Å². The third-order valence-electron chi connectivity index (χ3n) is 2.95. The SMILES string of the molecule is CC(C)(C)c1cc(NC(=O)[C@@H]2C[C@H](O)CN2)on1. The molecule has 2 atom stereocenters. The van der Waals surface area contributed by atoms with E-state index in [0.717, 1.165) is 5.69 Å². The van der Waals surface area contributed by atoms with Gasteiger partial charge in [-0.3, -0.25) is 10.1 Å². The fraction of sp³-hybridized carbons (Fsp3) is 0.667. The van der Waals surface area contributed by atoms with Gasteiger partial charge < -0.3 is 14.9 Å². The highest BCUT2D eigenvalue weighted by Crippen LogP contribution is 2.23. The van der Waals surface area contributed by atoms with E-state index in [9.17, 15) is 9.90 Å². The first kappa shape index (κ1) is 13.0. The number of hydrogen-bond acceptors (Lipinski definition) is 5. The number of rotatable bonds is 2. The van der Waals surface area contributed by atoms with Crippen molar-refractivity contribution >= 4 is 11.8 Å². The molecule has 1 amide bonds. The van der Waals surface area contributed by atoms with E-state index in [1.165, 1.54) is 0 Å². The number of β-amino-alcohol motifs (C(OH)–C–C–N with tert-alkyl or cyclic N) is 1. The van der Waals surface area contributed by atoms with E-state index in [1.54, 1.807) is 6.07 Å². The molecule has 0 unspecified atom stereocenters. The van der Waals surface area contributed by atoms with Crippen molar-refractivity contribution in [2.24, 2.45) is 0 Å². The molecule has 1 aromatic heterocycles. The number of carbonyl (C=O) groups excluding carboxylic acids is 1. The number of hydrogen-bond donors (Lipinski definition) is 3. The first-order valence-corrected chi connectivity index (χ1v) is 6.06. The fourth-order valence-electron chi connectivity index (χ4n) is 1.81. The molecule has 100 valence electrons. The van der Waals surface area contributed by atoms with Crippen LogP contribution in [-0.4, -0.2) is 34.9 Å². The predicted molar refractivity (Wildman–Crippen MR) is 66.2 cm³/mol. The lowest BCUT2D eigenvalue weighted by atomic mass is 9.92. The van der Waals surface area contributed by atoms with Gasteiger partial charge in [0.05, 0.1) is 17.8 Å². The third kappa shape index (κ3) is 2.88. The molecule has 1 saturated heterocycles. The number of aliphatic hydroxyl groups is 1. The van der Waals surface area contributed by atoms with Gasteiger partial charge in [-0.05, 0) is 6.42 Å². The van der Waals surface area contributed by atoms with Crippen molar-refractivity contribution in [3.05, 3.63) is 11.8 Å². The molecule has 1 aliphatic rings. The minimum absolute atomic E-state index is 0.117. The molecule has 2 rings (SSSR count). The Kier molecular flexibility index (Phi) is 3.41. The smallest absolute Gasteiger partial charge is 0.243 e. The normalized spacial score (nSPS) is 24.2. The van der Waals surface area contributed by atoms with Crippen LogP contribution in [0.5, 0.6) is 0 Å². The monoisotopic (exact) mass is 253 g/mol. The number of anilines is 1. The summed E-state index contributed by atoms with van der Waals surface area (Å²) in [6.45, 7) is 6.50. The van der Waals surface area contributed by atoms with Gasteiger partial charge in [-0.1, -0.05) is 25.9 Å². The van der Waals surface area contributed by atoms with Gasteiger partial charge in [0.2, 0.25) is 11.8 Å². The lowest BCUT2D eigenvalue weighted by Crippen LogP contribution is -2.35. The summed E-state index contributed by atoms with van der Waals surface area (Å²) in [4.78, 5) is 11.8. The maximum absolute atomic E-state index is 11.8. The average molecular weight is 253 g/mol. The molecule has 1 aromatic rings. The molecular weight excluding hydrogens is 234 g/mol. The number of amides is 1. The van der Waals surface area contributed by atoms with Crippen LogP contribution in [0.25, 0.3) is 0 Å². The topological polar surface area (TPSA) is 87.4 Å². The van der Waals surface area contributed by atoms with Gasteiger partial charge in [0.25, 0.3) is 0 Å².